The fraction of sp³-hybridized carbons (Fsp3) is 0.381. The van der Waals surface area contributed by atoms with Gasteiger partial charge in [0.25, 0.3) is 11.8 Å². The highest BCUT2D eigenvalue weighted by Gasteiger charge is 2.23. The molecule has 1 aromatic carbocycles. The number of hydrogen-bond acceptors (Lipinski definition) is 5. The molecule has 1 saturated heterocycles. The van der Waals surface area contributed by atoms with E-state index in [0.717, 1.165) is 12.2 Å². The van der Waals surface area contributed by atoms with Gasteiger partial charge in [-0.1, -0.05) is 0 Å². The van der Waals surface area contributed by atoms with Gasteiger partial charge < -0.3 is 20.0 Å². The zero-order valence-electron chi connectivity index (χ0n) is 16.8. The number of anilines is 1. The Morgan fingerprint density at radius 3 is 2.45 bits per heavy atom. The number of aromatic nitrogens is 1. The molecule has 1 N–H and O–H groups in total. The van der Waals surface area contributed by atoms with E-state index in [4.69, 9.17) is 0 Å². The molecule has 2 aromatic rings. The summed E-state index contributed by atoms with van der Waals surface area (Å²) in [6.45, 7) is 3.65. The van der Waals surface area contributed by atoms with Crippen LogP contribution in [0.1, 0.15) is 20.8 Å². The van der Waals surface area contributed by atoms with Crippen molar-refractivity contribution >= 4 is 17.5 Å². The molecule has 154 valence electrons. The quantitative estimate of drug-likeness (QED) is 0.797. The zero-order valence-corrected chi connectivity index (χ0v) is 16.8. The van der Waals surface area contributed by atoms with Gasteiger partial charge in [0.15, 0.2) is 0 Å². The summed E-state index contributed by atoms with van der Waals surface area (Å²) >= 11 is 0. The lowest BCUT2D eigenvalue weighted by molar-refractivity contribution is 0.0741. The van der Waals surface area contributed by atoms with Crippen molar-refractivity contribution in [1.82, 2.24) is 20.1 Å². The first-order chi connectivity index (χ1) is 13.9. The molecule has 1 aromatic heterocycles. The van der Waals surface area contributed by atoms with E-state index in [0.29, 0.717) is 38.3 Å². The maximum atomic E-state index is 13.1. The van der Waals surface area contributed by atoms with Crippen LogP contribution in [0.15, 0.2) is 42.6 Å². The molecule has 2 heterocycles. The van der Waals surface area contributed by atoms with Gasteiger partial charge in [-0.05, 0) is 50.5 Å². The normalized spacial score (nSPS) is 14.2. The highest BCUT2D eigenvalue weighted by atomic mass is 19.1. The van der Waals surface area contributed by atoms with Gasteiger partial charge in [0.05, 0.1) is 0 Å². The van der Waals surface area contributed by atoms with Crippen molar-refractivity contribution in [3.05, 3.63) is 59.7 Å². The van der Waals surface area contributed by atoms with Gasteiger partial charge in [0.1, 0.15) is 11.5 Å². The van der Waals surface area contributed by atoms with Crippen LogP contribution in [0, 0.1) is 5.82 Å². The van der Waals surface area contributed by atoms with Crippen LogP contribution >= 0.6 is 0 Å². The van der Waals surface area contributed by atoms with E-state index in [1.54, 1.807) is 29.2 Å². The van der Waals surface area contributed by atoms with Gasteiger partial charge >= 0.3 is 0 Å². The third-order valence-electron chi connectivity index (χ3n) is 4.84. The first-order valence-corrected chi connectivity index (χ1v) is 9.63. The number of benzene rings is 1. The number of nitrogens with one attached hydrogen (secondary N) is 1. The van der Waals surface area contributed by atoms with Gasteiger partial charge in [0.2, 0.25) is 0 Å². The number of nitrogens with zero attached hydrogens (tertiary/aromatic N) is 4. The lowest BCUT2D eigenvalue weighted by Gasteiger charge is -2.36. The maximum absolute atomic E-state index is 13.1. The van der Waals surface area contributed by atoms with Crippen molar-refractivity contribution in [2.75, 3.05) is 58.3 Å². The summed E-state index contributed by atoms with van der Waals surface area (Å²) < 4.78 is 13.1. The Hall–Kier alpha value is -3.00. The Morgan fingerprint density at radius 2 is 1.79 bits per heavy atom. The third kappa shape index (κ3) is 5.51. The van der Waals surface area contributed by atoms with Crippen molar-refractivity contribution in [1.29, 1.82) is 0 Å². The molecule has 1 aliphatic heterocycles. The average molecular weight is 399 g/mol. The smallest absolute Gasteiger partial charge is 0.272 e. The van der Waals surface area contributed by atoms with Crippen LogP contribution in [0.25, 0.3) is 0 Å². The van der Waals surface area contributed by atoms with Crippen LogP contribution in [0.5, 0.6) is 0 Å². The summed E-state index contributed by atoms with van der Waals surface area (Å²) in [7, 11) is 3.87. The number of rotatable bonds is 6. The molecular formula is C21H26FN5O2. The molecule has 29 heavy (non-hydrogen) atoms. The summed E-state index contributed by atoms with van der Waals surface area (Å²) in [5, 5.41) is 2.84. The fourth-order valence-electron chi connectivity index (χ4n) is 3.17. The van der Waals surface area contributed by atoms with E-state index >= 15 is 0 Å². The molecule has 8 heteroatoms. The summed E-state index contributed by atoms with van der Waals surface area (Å²) in [5.41, 5.74) is 1.63. The minimum absolute atomic E-state index is 0.188. The first-order valence-electron chi connectivity index (χ1n) is 9.63. The van der Waals surface area contributed by atoms with E-state index in [2.05, 4.69) is 15.2 Å². The van der Waals surface area contributed by atoms with Crippen LogP contribution in [-0.4, -0.2) is 80.0 Å². The second kappa shape index (κ2) is 9.47. The molecule has 7 nitrogen and oxygen atoms in total. The number of carbonyl (C=O) groups excluding carboxylic acids is 2. The number of likely N-dealkylation sites (N-methyl/N-ethyl adjacent to an activating group) is 1. The van der Waals surface area contributed by atoms with Gasteiger partial charge in [-0.25, -0.2) is 4.39 Å². The average Bonchev–Trinajstić information content (AvgIpc) is 2.73. The Morgan fingerprint density at radius 1 is 1.10 bits per heavy atom. The number of halogens is 1. The Labute approximate surface area is 170 Å². The molecular weight excluding hydrogens is 373 g/mol. The Balaban J connectivity index is 1.58. The standard InChI is InChI=1S/C21H26FN5O2/c1-25(2)10-9-24-20(28)16-7-8-23-19(15-16)21(29)27-13-11-26(12-14-27)18-5-3-17(22)4-6-18/h3-8,15H,9-14H2,1-2H3,(H,24,28). The number of amides is 2. The van der Waals surface area contributed by atoms with Crippen LogP contribution in [-0.2, 0) is 0 Å². The number of hydrogen-bond donors (Lipinski definition) is 1. The summed E-state index contributed by atoms with van der Waals surface area (Å²) in [6, 6.07) is 9.51. The minimum atomic E-state index is -0.265. The Bertz CT molecular complexity index is 848. The number of piperazine rings is 1. The molecule has 0 atom stereocenters. The van der Waals surface area contributed by atoms with Crippen molar-refractivity contribution < 1.29 is 14.0 Å². The van der Waals surface area contributed by atoms with Gasteiger partial charge in [-0.2, -0.15) is 0 Å². The first kappa shape index (κ1) is 20.7. The molecule has 0 unspecified atom stereocenters. The second-order valence-corrected chi connectivity index (χ2v) is 7.24. The molecule has 0 radical (unpaired) electrons. The van der Waals surface area contributed by atoms with Gasteiger partial charge in [-0.15, -0.1) is 0 Å². The maximum Gasteiger partial charge on any atom is 0.272 e. The largest absolute Gasteiger partial charge is 0.368 e. The van der Waals surface area contributed by atoms with Crippen molar-refractivity contribution in [2.45, 2.75) is 0 Å². The van der Waals surface area contributed by atoms with Crippen molar-refractivity contribution in [3.8, 4) is 0 Å². The van der Waals surface area contributed by atoms with E-state index in [-0.39, 0.29) is 23.3 Å². The highest BCUT2D eigenvalue weighted by molar-refractivity contribution is 5.98. The highest BCUT2D eigenvalue weighted by Crippen LogP contribution is 2.18. The van der Waals surface area contributed by atoms with E-state index in [1.807, 2.05) is 19.0 Å². The van der Waals surface area contributed by atoms with Crippen LogP contribution in [0.3, 0.4) is 0 Å². The zero-order chi connectivity index (χ0) is 20.8. The molecule has 1 aliphatic rings. The van der Waals surface area contributed by atoms with E-state index in [9.17, 15) is 14.0 Å². The van der Waals surface area contributed by atoms with Crippen LogP contribution in [0.2, 0.25) is 0 Å². The monoisotopic (exact) mass is 399 g/mol. The van der Waals surface area contributed by atoms with E-state index < -0.39 is 0 Å². The predicted molar refractivity (Wildman–Crippen MR) is 110 cm³/mol. The number of pyridine rings is 1. The molecule has 3 rings (SSSR count). The molecule has 1 fully saturated rings. The molecule has 2 amide bonds. The third-order valence-corrected chi connectivity index (χ3v) is 4.84. The van der Waals surface area contributed by atoms with Gasteiger partial charge in [-0.3, -0.25) is 14.6 Å². The van der Waals surface area contributed by atoms with Crippen molar-refractivity contribution in [2.24, 2.45) is 0 Å². The Kier molecular flexibility index (Phi) is 6.77. The minimum Gasteiger partial charge on any atom is -0.368 e. The SMILES string of the molecule is CN(C)CCNC(=O)c1ccnc(C(=O)N2CCN(c3ccc(F)cc3)CC2)c1. The van der Waals surface area contributed by atoms with Crippen LogP contribution < -0.4 is 10.2 Å². The summed E-state index contributed by atoms with van der Waals surface area (Å²) in [6.07, 6.45) is 1.49. The molecule has 0 aliphatic carbocycles. The number of carbonyl (C=O) groups is 2. The van der Waals surface area contributed by atoms with Gasteiger partial charge in [0, 0.05) is 56.7 Å². The van der Waals surface area contributed by atoms with Crippen molar-refractivity contribution in [3.63, 3.8) is 0 Å². The summed E-state index contributed by atoms with van der Waals surface area (Å²) in [5.74, 6) is -0.671. The van der Waals surface area contributed by atoms with Crippen LogP contribution in [0.4, 0.5) is 10.1 Å². The fourth-order valence-corrected chi connectivity index (χ4v) is 3.17. The molecule has 0 saturated carbocycles. The summed E-state index contributed by atoms with van der Waals surface area (Å²) in [4.78, 5) is 35.1. The second-order valence-electron chi connectivity index (χ2n) is 7.24. The molecule has 0 spiro atoms. The molecule has 0 bridgehead atoms. The lowest BCUT2D eigenvalue weighted by atomic mass is 10.2. The lowest BCUT2D eigenvalue weighted by Crippen LogP contribution is -2.49. The predicted octanol–water partition coefficient (Wildman–Crippen LogP) is 1.47. The topological polar surface area (TPSA) is 68.8 Å². The van der Waals surface area contributed by atoms with E-state index in [1.165, 1.54) is 18.3 Å².